The zero-order valence-electron chi connectivity index (χ0n) is 16.5. The van der Waals surface area contributed by atoms with Gasteiger partial charge in [0.2, 0.25) is 11.0 Å². The summed E-state index contributed by atoms with van der Waals surface area (Å²) in [4.78, 5) is 23.4. The summed E-state index contributed by atoms with van der Waals surface area (Å²) >= 11 is 2.97. The van der Waals surface area contributed by atoms with Crippen molar-refractivity contribution in [1.82, 2.24) is 10.2 Å². The number of ketones is 1. The molecule has 0 spiro atoms. The van der Waals surface area contributed by atoms with Crippen molar-refractivity contribution in [2.24, 2.45) is 0 Å². The van der Waals surface area contributed by atoms with Gasteiger partial charge >= 0.3 is 0 Å². The van der Waals surface area contributed by atoms with Gasteiger partial charge in [0, 0.05) is 29.1 Å². The number of carbonyl (C=O) groups excluding carboxylic acids is 2. The molecule has 0 aliphatic carbocycles. The highest BCUT2D eigenvalue weighted by Gasteiger charge is 2.09. The minimum absolute atomic E-state index is 0.00255. The summed E-state index contributed by atoms with van der Waals surface area (Å²) < 4.78 is 0.816. The van der Waals surface area contributed by atoms with Crippen molar-refractivity contribution < 1.29 is 9.59 Å². The number of thioether (sulfide) groups is 1. The molecule has 3 aromatic rings. The van der Waals surface area contributed by atoms with Crippen LogP contribution in [0.3, 0.4) is 0 Å². The molecule has 0 bridgehead atoms. The van der Waals surface area contributed by atoms with E-state index in [1.165, 1.54) is 41.1 Å². The minimum atomic E-state index is -0.0775. The maximum absolute atomic E-state index is 12.1. The summed E-state index contributed by atoms with van der Waals surface area (Å²) in [6.07, 6.45) is 0.360. The first-order valence-electron chi connectivity index (χ1n) is 9.13. The number of anilines is 3. The third-order valence-corrected chi connectivity index (χ3v) is 6.36. The van der Waals surface area contributed by atoms with Gasteiger partial charge in [0.05, 0.1) is 0 Å². The van der Waals surface area contributed by atoms with E-state index in [1.807, 2.05) is 12.1 Å². The monoisotopic (exact) mass is 426 g/mol. The van der Waals surface area contributed by atoms with Crippen molar-refractivity contribution in [3.8, 4) is 0 Å². The van der Waals surface area contributed by atoms with E-state index in [9.17, 15) is 9.59 Å². The molecular weight excluding hydrogens is 404 g/mol. The first-order chi connectivity index (χ1) is 13.9. The lowest BCUT2D eigenvalue weighted by atomic mass is 10.1. The molecule has 1 aromatic heterocycles. The second-order valence-electron chi connectivity index (χ2n) is 6.53. The molecule has 0 fully saturated rings. The molecule has 0 atom stereocenters. The molecule has 8 heteroatoms. The Hall–Kier alpha value is -2.71. The molecule has 0 saturated heterocycles. The molecule has 0 unspecified atom stereocenters. The van der Waals surface area contributed by atoms with Crippen LogP contribution in [-0.4, -0.2) is 27.6 Å². The van der Waals surface area contributed by atoms with Crippen LogP contribution in [0.2, 0.25) is 0 Å². The highest BCUT2D eigenvalue weighted by atomic mass is 32.2. The lowest BCUT2D eigenvalue weighted by Gasteiger charge is -2.08. The van der Waals surface area contributed by atoms with Gasteiger partial charge in [-0.1, -0.05) is 35.2 Å². The van der Waals surface area contributed by atoms with Crippen LogP contribution in [-0.2, 0) is 4.79 Å². The lowest BCUT2D eigenvalue weighted by molar-refractivity contribution is -0.115. The van der Waals surface area contributed by atoms with Crippen LogP contribution < -0.4 is 10.6 Å². The van der Waals surface area contributed by atoms with Gasteiger partial charge in [-0.3, -0.25) is 9.59 Å². The maximum atomic E-state index is 12.1. The van der Waals surface area contributed by atoms with Gasteiger partial charge < -0.3 is 10.6 Å². The first-order valence-corrected chi connectivity index (χ1v) is 10.9. The van der Waals surface area contributed by atoms with E-state index < -0.39 is 0 Å². The molecule has 2 aromatic carbocycles. The molecule has 3 rings (SSSR count). The summed E-state index contributed by atoms with van der Waals surface area (Å²) in [6, 6.07) is 13.0. The van der Waals surface area contributed by atoms with Gasteiger partial charge in [-0.05, 0) is 62.2 Å². The number of hydrogen-bond donors (Lipinski definition) is 2. The Morgan fingerprint density at radius 3 is 2.55 bits per heavy atom. The minimum Gasteiger partial charge on any atom is -0.330 e. The van der Waals surface area contributed by atoms with E-state index in [0.29, 0.717) is 23.4 Å². The van der Waals surface area contributed by atoms with Crippen LogP contribution in [0.15, 0.2) is 46.8 Å². The molecule has 0 aliphatic heterocycles. The summed E-state index contributed by atoms with van der Waals surface area (Å²) in [5.74, 6) is 0.532. The fraction of sp³-hybridized carbons (Fsp3) is 0.238. The Kier molecular flexibility index (Phi) is 7.00. The molecule has 1 heterocycles. The highest BCUT2D eigenvalue weighted by molar-refractivity contribution is 8.01. The molecule has 6 nitrogen and oxygen atoms in total. The van der Waals surface area contributed by atoms with Crippen LogP contribution in [0.1, 0.15) is 34.8 Å². The van der Waals surface area contributed by atoms with Crippen LogP contribution in [0.4, 0.5) is 16.5 Å². The maximum Gasteiger partial charge on any atom is 0.225 e. The van der Waals surface area contributed by atoms with E-state index in [4.69, 9.17) is 0 Å². The summed E-state index contributed by atoms with van der Waals surface area (Å²) in [7, 11) is 0. The second-order valence-corrected chi connectivity index (χ2v) is 8.85. The topological polar surface area (TPSA) is 84.0 Å². The summed E-state index contributed by atoms with van der Waals surface area (Å²) in [6.45, 7) is 5.66. The predicted molar refractivity (Wildman–Crippen MR) is 120 cm³/mol. The average Bonchev–Trinajstić information content (AvgIpc) is 3.13. The molecule has 0 aliphatic rings. The van der Waals surface area contributed by atoms with E-state index in [2.05, 4.69) is 40.7 Å². The molecule has 0 saturated carbocycles. The van der Waals surface area contributed by atoms with Gasteiger partial charge in [-0.15, -0.1) is 10.2 Å². The Morgan fingerprint density at radius 1 is 1.07 bits per heavy atom. The van der Waals surface area contributed by atoms with Crippen LogP contribution >= 0.6 is 23.1 Å². The van der Waals surface area contributed by atoms with Crippen LogP contribution in [0, 0.1) is 13.8 Å². The molecule has 1 amide bonds. The zero-order valence-corrected chi connectivity index (χ0v) is 18.1. The van der Waals surface area contributed by atoms with Crippen LogP contribution in [0.25, 0.3) is 0 Å². The highest BCUT2D eigenvalue weighted by Crippen LogP contribution is 2.29. The number of nitrogens with zero attached hydrogens (tertiary/aromatic N) is 2. The number of carbonyl (C=O) groups is 2. The lowest BCUT2D eigenvalue weighted by Crippen LogP contribution is -2.12. The third-order valence-electron chi connectivity index (χ3n) is 4.38. The van der Waals surface area contributed by atoms with Gasteiger partial charge in [-0.25, -0.2) is 0 Å². The smallest absolute Gasteiger partial charge is 0.225 e. The van der Waals surface area contributed by atoms with Gasteiger partial charge in [-0.2, -0.15) is 0 Å². The van der Waals surface area contributed by atoms with E-state index in [1.54, 1.807) is 24.3 Å². The van der Waals surface area contributed by atoms with Crippen molar-refractivity contribution in [2.75, 3.05) is 16.4 Å². The Morgan fingerprint density at radius 2 is 1.83 bits per heavy atom. The summed E-state index contributed by atoms with van der Waals surface area (Å²) in [5.41, 5.74) is 4.73. The fourth-order valence-corrected chi connectivity index (χ4v) is 4.34. The molecule has 2 N–H and O–H groups in total. The molecular formula is C21H22N4O2S2. The van der Waals surface area contributed by atoms with Gasteiger partial charge in [0.25, 0.3) is 0 Å². The normalized spacial score (nSPS) is 10.6. The number of rotatable bonds is 8. The van der Waals surface area contributed by atoms with Crippen LogP contribution in [0.5, 0.6) is 0 Å². The van der Waals surface area contributed by atoms with Crippen molar-refractivity contribution in [3.05, 3.63) is 59.2 Å². The SMILES string of the molecule is CC(=O)c1ccc(NC(=O)CCSc2nnc(Nc3cccc(C)c3C)s2)cc1. The quantitative estimate of drug-likeness (QED) is 0.379. The van der Waals surface area contributed by atoms with Crippen molar-refractivity contribution in [1.29, 1.82) is 0 Å². The zero-order chi connectivity index (χ0) is 20.8. The molecule has 0 radical (unpaired) electrons. The Labute approximate surface area is 178 Å². The fourth-order valence-electron chi connectivity index (χ4n) is 2.56. The summed E-state index contributed by atoms with van der Waals surface area (Å²) in [5, 5.41) is 15.2. The largest absolute Gasteiger partial charge is 0.330 e. The second kappa shape index (κ2) is 9.67. The van der Waals surface area contributed by atoms with Gasteiger partial charge in [0.1, 0.15) is 0 Å². The number of benzene rings is 2. The Bertz CT molecular complexity index is 1020. The first kappa shape index (κ1) is 21.0. The predicted octanol–water partition coefficient (Wildman–Crippen LogP) is 5.22. The van der Waals surface area contributed by atoms with Gasteiger partial charge in [0.15, 0.2) is 10.1 Å². The number of nitrogens with one attached hydrogen (secondary N) is 2. The van der Waals surface area contributed by atoms with E-state index in [0.717, 1.165) is 15.2 Å². The number of aryl methyl sites for hydroxylation is 1. The average molecular weight is 427 g/mol. The van der Waals surface area contributed by atoms with Crippen molar-refractivity contribution in [3.63, 3.8) is 0 Å². The number of amides is 1. The number of aromatic nitrogens is 2. The number of Topliss-reactive ketones (excluding diaryl/α,β-unsaturated/α-hetero) is 1. The van der Waals surface area contributed by atoms with Crippen molar-refractivity contribution >= 4 is 51.3 Å². The van der Waals surface area contributed by atoms with Crippen molar-refractivity contribution in [2.45, 2.75) is 31.5 Å². The molecule has 150 valence electrons. The third kappa shape index (κ3) is 5.88. The number of hydrogen-bond acceptors (Lipinski definition) is 7. The Balaban J connectivity index is 1.46. The molecule has 29 heavy (non-hydrogen) atoms. The van der Waals surface area contributed by atoms with E-state index >= 15 is 0 Å². The van der Waals surface area contributed by atoms with E-state index in [-0.39, 0.29) is 11.7 Å². The standard InChI is InChI=1S/C21H22N4O2S2/c1-13-5-4-6-18(14(13)2)23-20-24-25-21(29-20)28-12-11-19(27)22-17-9-7-16(8-10-17)15(3)26/h4-10H,11-12H2,1-3H3,(H,22,27)(H,23,24).